The van der Waals surface area contributed by atoms with E-state index in [1.807, 2.05) is 31.1 Å². The zero-order valence-electron chi connectivity index (χ0n) is 16.0. The van der Waals surface area contributed by atoms with Crippen molar-refractivity contribution >= 4 is 44.1 Å². The summed E-state index contributed by atoms with van der Waals surface area (Å²) in [6, 6.07) is 5.98. The molecule has 0 saturated carbocycles. The van der Waals surface area contributed by atoms with Gasteiger partial charge in [0, 0.05) is 19.8 Å². The Balaban J connectivity index is 1.44. The first kappa shape index (κ1) is 17.8. The molecule has 0 fully saturated rings. The van der Waals surface area contributed by atoms with Crippen molar-refractivity contribution < 1.29 is 4.79 Å². The van der Waals surface area contributed by atoms with Crippen LogP contribution in [0, 0.1) is 0 Å². The van der Waals surface area contributed by atoms with E-state index in [4.69, 9.17) is 0 Å². The minimum Gasteiger partial charge on any atom is -0.354 e. The van der Waals surface area contributed by atoms with Crippen molar-refractivity contribution in [3.8, 4) is 0 Å². The zero-order chi connectivity index (χ0) is 20.1. The molecule has 5 rings (SSSR count). The molecule has 3 aromatic heterocycles. The van der Waals surface area contributed by atoms with E-state index in [9.17, 15) is 9.59 Å². The van der Waals surface area contributed by atoms with Gasteiger partial charge >= 0.3 is 5.69 Å². The third-order valence-corrected chi connectivity index (χ3v) is 6.23. The SMILES string of the molecule is CN(C)c1nc2ncn3c(=O)n(CC(=O)Nc4ccc5c(c4)CCC5)nc3c2s1. The normalized spacial score (nSPS) is 13.2. The quantitative estimate of drug-likeness (QED) is 0.551. The van der Waals surface area contributed by atoms with Crippen LogP contribution in [0.3, 0.4) is 0 Å². The Hall–Kier alpha value is -3.27. The van der Waals surface area contributed by atoms with Gasteiger partial charge in [-0.3, -0.25) is 4.79 Å². The van der Waals surface area contributed by atoms with Gasteiger partial charge in [-0.2, -0.15) is 4.98 Å². The average Bonchev–Trinajstić information content (AvgIpc) is 3.39. The number of aromatic nitrogens is 5. The molecule has 148 valence electrons. The Morgan fingerprint density at radius 2 is 2.10 bits per heavy atom. The van der Waals surface area contributed by atoms with Crippen LogP contribution >= 0.6 is 11.3 Å². The van der Waals surface area contributed by atoms with Crippen LogP contribution in [-0.2, 0) is 24.2 Å². The van der Waals surface area contributed by atoms with Crippen molar-refractivity contribution in [2.45, 2.75) is 25.8 Å². The first-order valence-corrected chi connectivity index (χ1v) is 10.1. The maximum Gasteiger partial charge on any atom is 0.352 e. The standard InChI is InChI=1S/C19H19N7O2S/c1-24(2)18-22-16-15(29-18)17-23-26(19(28)25(17)10-20-16)9-14(27)21-13-7-6-11-4-3-5-12(11)8-13/h6-8,10H,3-5,9H2,1-2H3,(H,21,27). The van der Waals surface area contributed by atoms with Crippen molar-refractivity contribution in [1.82, 2.24) is 24.1 Å². The van der Waals surface area contributed by atoms with Crippen molar-refractivity contribution in [1.29, 1.82) is 0 Å². The average molecular weight is 409 g/mol. The summed E-state index contributed by atoms with van der Waals surface area (Å²) in [5.41, 5.74) is 3.95. The lowest BCUT2D eigenvalue weighted by Gasteiger charge is -2.07. The largest absolute Gasteiger partial charge is 0.354 e. The van der Waals surface area contributed by atoms with Gasteiger partial charge in [-0.1, -0.05) is 17.4 Å². The third-order valence-electron chi connectivity index (χ3n) is 5.03. The third kappa shape index (κ3) is 3.05. The molecule has 0 spiro atoms. The van der Waals surface area contributed by atoms with Gasteiger partial charge in [-0.15, -0.1) is 5.10 Å². The Morgan fingerprint density at radius 1 is 1.28 bits per heavy atom. The lowest BCUT2D eigenvalue weighted by molar-refractivity contribution is -0.117. The topological polar surface area (TPSA) is 97.4 Å². The minimum absolute atomic E-state index is 0.168. The Labute approximate surface area is 169 Å². The van der Waals surface area contributed by atoms with E-state index in [0.717, 1.165) is 34.8 Å². The molecular weight excluding hydrogens is 390 g/mol. The van der Waals surface area contributed by atoms with Gasteiger partial charge in [0.2, 0.25) is 5.91 Å². The predicted octanol–water partition coefficient (Wildman–Crippen LogP) is 1.69. The van der Waals surface area contributed by atoms with E-state index in [1.165, 1.54) is 33.2 Å². The number of nitrogens with zero attached hydrogens (tertiary/aromatic N) is 6. The monoisotopic (exact) mass is 409 g/mol. The number of thiazole rings is 1. The zero-order valence-corrected chi connectivity index (χ0v) is 16.9. The number of carbonyl (C=O) groups excluding carboxylic acids is 1. The number of amides is 1. The van der Waals surface area contributed by atoms with Gasteiger partial charge in [0.1, 0.15) is 17.6 Å². The molecule has 3 heterocycles. The highest BCUT2D eigenvalue weighted by Crippen LogP contribution is 2.28. The number of benzene rings is 1. The highest BCUT2D eigenvalue weighted by molar-refractivity contribution is 7.22. The maximum absolute atomic E-state index is 12.7. The predicted molar refractivity (Wildman–Crippen MR) is 112 cm³/mol. The molecule has 0 bridgehead atoms. The Bertz CT molecular complexity index is 1320. The van der Waals surface area contributed by atoms with Crippen molar-refractivity contribution in [2.75, 3.05) is 24.3 Å². The van der Waals surface area contributed by atoms with Gasteiger partial charge in [0.05, 0.1) is 0 Å². The number of fused-ring (bicyclic) bond motifs is 4. The van der Waals surface area contributed by atoms with E-state index in [-0.39, 0.29) is 12.5 Å². The molecule has 0 atom stereocenters. The minimum atomic E-state index is -0.404. The summed E-state index contributed by atoms with van der Waals surface area (Å²) in [5, 5.41) is 8.01. The molecule has 9 nitrogen and oxygen atoms in total. The van der Waals surface area contributed by atoms with Gasteiger partial charge in [0.25, 0.3) is 0 Å². The van der Waals surface area contributed by atoms with Crippen LogP contribution in [0.4, 0.5) is 10.8 Å². The van der Waals surface area contributed by atoms with Gasteiger partial charge < -0.3 is 10.2 Å². The number of hydrogen-bond donors (Lipinski definition) is 1. The molecule has 0 unspecified atom stereocenters. The first-order valence-electron chi connectivity index (χ1n) is 9.33. The molecule has 0 saturated heterocycles. The molecule has 0 aliphatic heterocycles. The summed E-state index contributed by atoms with van der Waals surface area (Å²) in [4.78, 5) is 35.7. The van der Waals surface area contributed by atoms with Gasteiger partial charge in [0.15, 0.2) is 16.4 Å². The molecule has 1 aliphatic rings. The van der Waals surface area contributed by atoms with Crippen molar-refractivity contribution in [3.05, 3.63) is 46.1 Å². The molecule has 1 aromatic carbocycles. The van der Waals surface area contributed by atoms with E-state index >= 15 is 0 Å². The van der Waals surface area contributed by atoms with E-state index in [0.29, 0.717) is 16.0 Å². The lowest BCUT2D eigenvalue weighted by Crippen LogP contribution is -2.28. The summed E-state index contributed by atoms with van der Waals surface area (Å²) in [7, 11) is 3.78. The smallest absolute Gasteiger partial charge is 0.352 e. The lowest BCUT2D eigenvalue weighted by atomic mass is 10.1. The Kier molecular flexibility index (Phi) is 4.09. The van der Waals surface area contributed by atoms with Crippen LogP contribution in [0.5, 0.6) is 0 Å². The number of carbonyl (C=O) groups is 1. The summed E-state index contributed by atoms with van der Waals surface area (Å²) < 4.78 is 3.22. The number of rotatable bonds is 4. The summed E-state index contributed by atoms with van der Waals surface area (Å²) in [6.07, 6.45) is 4.69. The van der Waals surface area contributed by atoms with E-state index in [2.05, 4.69) is 26.4 Å². The molecular formula is C19H19N7O2S. The fourth-order valence-corrected chi connectivity index (χ4v) is 4.52. The second kappa shape index (κ2) is 6.66. The molecule has 29 heavy (non-hydrogen) atoms. The first-order chi connectivity index (χ1) is 14.0. The summed E-state index contributed by atoms with van der Waals surface area (Å²) in [5.74, 6) is -0.295. The molecule has 1 amide bonds. The number of hydrogen-bond acceptors (Lipinski definition) is 7. The second-order valence-corrected chi connectivity index (χ2v) is 8.28. The number of nitrogens with one attached hydrogen (secondary N) is 1. The van der Waals surface area contributed by atoms with E-state index < -0.39 is 5.69 Å². The maximum atomic E-state index is 12.7. The molecule has 4 aromatic rings. The fourth-order valence-electron chi connectivity index (χ4n) is 3.61. The highest BCUT2D eigenvalue weighted by atomic mass is 32.1. The van der Waals surface area contributed by atoms with Crippen molar-refractivity contribution in [2.24, 2.45) is 0 Å². The number of anilines is 2. The van der Waals surface area contributed by atoms with Crippen molar-refractivity contribution in [3.63, 3.8) is 0 Å². The van der Waals surface area contributed by atoms with Crippen LogP contribution in [0.2, 0.25) is 0 Å². The van der Waals surface area contributed by atoms with Crippen LogP contribution in [0.1, 0.15) is 17.5 Å². The van der Waals surface area contributed by atoms with Crippen LogP contribution < -0.4 is 15.9 Å². The molecule has 10 heteroatoms. The summed E-state index contributed by atoms with van der Waals surface area (Å²) in [6.45, 7) is -0.168. The molecule has 1 N–H and O–H groups in total. The van der Waals surface area contributed by atoms with Crippen LogP contribution in [-0.4, -0.2) is 44.2 Å². The van der Waals surface area contributed by atoms with Crippen LogP contribution in [0.15, 0.2) is 29.3 Å². The second-order valence-electron chi connectivity index (χ2n) is 7.31. The van der Waals surface area contributed by atoms with Crippen LogP contribution in [0.25, 0.3) is 16.0 Å². The van der Waals surface area contributed by atoms with Gasteiger partial charge in [-0.05, 0) is 42.5 Å². The molecule has 1 aliphatic carbocycles. The summed E-state index contributed by atoms with van der Waals surface area (Å²) >= 11 is 1.41. The number of aryl methyl sites for hydroxylation is 2. The van der Waals surface area contributed by atoms with Gasteiger partial charge in [-0.25, -0.2) is 18.9 Å². The fraction of sp³-hybridized carbons (Fsp3) is 0.316. The highest BCUT2D eigenvalue weighted by Gasteiger charge is 2.17. The Morgan fingerprint density at radius 3 is 2.93 bits per heavy atom. The molecule has 0 radical (unpaired) electrons. The van der Waals surface area contributed by atoms with E-state index in [1.54, 1.807) is 0 Å².